The van der Waals surface area contributed by atoms with Gasteiger partial charge in [-0.15, -0.1) is 0 Å². The molecule has 1 saturated heterocycles. The molecule has 2 rings (SSSR count). The van der Waals surface area contributed by atoms with Crippen LogP contribution in [0.25, 0.3) is 0 Å². The van der Waals surface area contributed by atoms with E-state index in [1.54, 1.807) is 0 Å². The van der Waals surface area contributed by atoms with Gasteiger partial charge in [-0.1, -0.05) is 13.3 Å². The molecule has 1 atom stereocenters. The number of hydrogen-bond acceptors (Lipinski definition) is 4. The van der Waals surface area contributed by atoms with Crippen molar-refractivity contribution in [2.45, 2.75) is 45.1 Å². The van der Waals surface area contributed by atoms with E-state index in [2.05, 4.69) is 27.1 Å². The van der Waals surface area contributed by atoms with Gasteiger partial charge in [0.05, 0.1) is 0 Å². The number of nitrogens with zero attached hydrogens (tertiary/aromatic N) is 3. The van der Waals surface area contributed by atoms with Gasteiger partial charge in [-0.2, -0.15) is 0 Å². The van der Waals surface area contributed by atoms with E-state index in [1.807, 2.05) is 6.07 Å². The molecule has 6 nitrogen and oxygen atoms in total. The maximum atomic E-state index is 10.8. The van der Waals surface area contributed by atoms with Crippen molar-refractivity contribution in [1.29, 1.82) is 0 Å². The van der Waals surface area contributed by atoms with E-state index in [0.29, 0.717) is 6.54 Å². The summed E-state index contributed by atoms with van der Waals surface area (Å²) in [5, 5.41) is 11.6. The molecule has 7 heteroatoms. The number of halogens is 1. The first kappa shape index (κ1) is 15.8. The second kappa shape index (κ2) is 7.45. The van der Waals surface area contributed by atoms with Crippen molar-refractivity contribution in [3.63, 3.8) is 0 Å². The number of hydrogen-bond donors (Lipinski definition) is 2. The number of aromatic nitrogens is 2. The molecule has 0 radical (unpaired) electrons. The smallest absolute Gasteiger partial charge is 0.404 e. The summed E-state index contributed by atoms with van der Waals surface area (Å²) in [5.41, 5.74) is 0.945. The van der Waals surface area contributed by atoms with Gasteiger partial charge in [0, 0.05) is 30.9 Å². The largest absolute Gasteiger partial charge is 0.465 e. The number of amides is 1. The predicted molar refractivity (Wildman–Crippen MR) is 82.0 cm³/mol. The topological polar surface area (TPSA) is 78.4 Å². The third kappa shape index (κ3) is 4.74. The molecular weight excluding hydrogens is 292 g/mol. The van der Waals surface area contributed by atoms with Crippen molar-refractivity contribution in [1.82, 2.24) is 15.3 Å². The normalized spacial score (nSPS) is 18.6. The van der Waals surface area contributed by atoms with Gasteiger partial charge in [0.25, 0.3) is 0 Å². The third-order valence-corrected chi connectivity index (χ3v) is 3.77. The zero-order chi connectivity index (χ0) is 15.2. The Balaban J connectivity index is 2.09. The highest BCUT2D eigenvalue weighted by molar-refractivity contribution is 6.28. The molecule has 1 aliphatic heterocycles. The van der Waals surface area contributed by atoms with Crippen molar-refractivity contribution in [2.75, 3.05) is 18.0 Å². The Hall–Kier alpha value is -1.56. The zero-order valence-electron chi connectivity index (χ0n) is 12.2. The molecular formula is C14H21ClN4O2. The van der Waals surface area contributed by atoms with Crippen LogP contribution < -0.4 is 10.2 Å². The fourth-order valence-electron chi connectivity index (χ4n) is 2.58. The lowest BCUT2D eigenvalue weighted by Crippen LogP contribution is -2.47. The van der Waals surface area contributed by atoms with Crippen LogP contribution in [0.5, 0.6) is 0 Å². The molecule has 0 saturated carbocycles. The molecule has 1 aromatic heterocycles. The number of piperidine rings is 1. The van der Waals surface area contributed by atoms with Gasteiger partial charge in [0.15, 0.2) is 0 Å². The van der Waals surface area contributed by atoms with Gasteiger partial charge in [-0.25, -0.2) is 14.8 Å². The van der Waals surface area contributed by atoms with Crippen molar-refractivity contribution < 1.29 is 9.90 Å². The molecule has 0 bridgehead atoms. The van der Waals surface area contributed by atoms with Gasteiger partial charge >= 0.3 is 6.09 Å². The lowest BCUT2D eigenvalue weighted by Gasteiger charge is -2.33. The van der Waals surface area contributed by atoms with Crippen LogP contribution in [0, 0.1) is 0 Å². The molecule has 0 aliphatic carbocycles. The number of carbonyl (C=O) groups is 1. The lowest BCUT2D eigenvalue weighted by atomic mass is 10.1. The van der Waals surface area contributed by atoms with Crippen molar-refractivity contribution in [3.05, 3.63) is 17.0 Å². The van der Waals surface area contributed by atoms with Crippen molar-refractivity contribution >= 4 is 23.5 Å². The maximum Gasteiger partial charge on any atom is 0.404 e. The highest BCUT2D eigenvalue weighted by Crippen LogP contribution is 2.21. The Kier molecular flexibility index (Phi) is 5.61. The molecule has 1 unspecified atom stereocenters. The van der Waals surface area contributed by atoms with Crippen LogP contribution in [0.4, 0.5) is 10.6 Å². The number of nitrogens with one attached hydrogen (secondary N) is 1. The maximum absolute atomic E-state index is 10.8. The second-order valence-electron chi connectivity index (χ2n) is 5.32. The van der Waals surface area contributed by atoms with Gasteiger partial charge < -0.3 is 15.3 Å². The minimum atomic E-state index is -0.980. The molecule has 0 aromatic carbocycles. The quantitative estimate of drug-likeness (QED) is 0.817. The van der Waals surface area contributed by atoms with Gasteiger partial charge in [0.2, 0.25) is 5.28 Å². The summed E-state index contributed by atoms with van der Waals surface area (Å²) in [6.07, 6.45) is 3.85. The van der Waals surface area contributed by atoms with E-state index in [0.717, 1.165) is 50.2 Å². The molecule has 1 fully saturated rings. The van der Waals surface area contributed by atoms with E-state index in [4.69, 9.17) is 16.7 Å². The van der Waals surface area contributed by atoms with Gasteiger partial charge in [-0.05, 0) is 37.3 Å². The van der Waals surface area contributed by atoms with E-state index < -0.39 is 6.09 Å². The molecule has 2 N–H and O–H groups in total. The lowest BCUT2D eigenvalue weighted by molar-refractivity contribution is 0.188. The number of unbranched alkanes of at least 4 members (excludes halogenated alkanes) is 1. The highest BCUT2D eigenvalue weighted by Gasteiger charge is 2.22. The summed E-state index contributed by atoms with van der Waals surface area (Å²) in [4.78, 5) is 21.4. The minimum absolute atomic E-state index is 0.0657. The van der Waals surface area contributed by atoms with Crippen LogP contribution in [0.15, 0.2) is 6.07 Å². The van der Waals surface area contributed by atoms with E-state index in [-0.39, 0.29) is 11.3 Å². The average Bonchev–Trinajstić information content (AvgIpc) is 2.44. The summed E-state index contributed by atoms with van der Waals surface area (Å²) in [5.74, 6) is 0.790. The van der Waals surface area contributed by atoms with Crippen LogP contribution in [-0.2, 0) is 6.42 Å². The fraction of sp³-hybridized carbons (Fsp3) is 0.643. The Morgan fingerprint density at radius 1 is 1.57 bits per heavy atom. The summed E-state index contributed by atoms with van der Waals surface area (Å²) in [6, 6.07) is 1.90. The Bertz CT molecular complexity index is 498. The molecule has 116 valence electrons. The zero-order valence-corrected chi connectivity index (χ0v) is 12.9. The summed E-state index contributed by atoms with van der Waals surface area (Å²) in [6.45, 7) is 3.61. The monoisotopic (exact) mass is 312 g/mol. The summed E-state index contributed by atoms with van der Waals surface area (Å²) < 4.78 is 0. The van der Waals surface area contributed by atoms with Crippen LogP contribution in [0.3, 0.4) is 0 Å². The first-order valence-electron chi connectivity index (χ1n) is 7.36. The van der Waals surface area contributed by atoms with Gasteiger partial charge in [-0.3, -0.25) is 0 Å². The summed E-state index contributed by atoms with van der Waals surface area (Å²) >= 11 is 6.01. The van der Waals surface area contributed by atoms with Crippen LogP contribution in [-0.4, -0.2) is 40.3 Å². The molecule has 1 amide bonds. The molecule has 1 aromatic rings. The molecule has 21 heavy (non-hydrogen) atoms. The third-order valence-electron chi connectivity index (χ3n) is 3.60. The molecule has 2 heterocycles. The number of aryl methyl sites for hydroxylation is 1. The minimum Gasteiger partial charge on any atom is -0.465 e. The molecule has 1 aliphatic rings. The highest BCUT2D eigenvalue weighted by atomic mass is 35.5. The standard InChI is InChI=1S/C14H21ClN4O2/c1-2-3-5-10-8-12(18-13(15)16-10)19-7-4-6-11(9-19)17-14(20)21/h8,11,17H,2-7,9H2,1H3,(H,20,21). The first-order valence-corrected chi connectivity index (χ1v) is 7.74. The number of rotatable bonds is 5. The number of anilines is 1. The van der Waals surface area contributed by atoms with E-state index >= 15 is 0 Å². The van der Waals surface area contributed by atoms with E-state index in [1.165, 1.54) is 0 Å². The van der Waals surface area contributed by atoms with Crippen molar-refractivity contribution in [2.24, 2.45) is 0 Å². The SMILES string of the molecule is CCCCc1cc(N2CCCC(NC(=O)O)C2)nc(Cl)n1. The van der Waals surface area contributed by atoms with Crippen molar-refractivity contribution in [3.8, 4) is 0 Å². The molecule has 0 spiro atoms. The van der Waals surface area contributed by atoms with Crippen LogP contribution >= 0.6 is 11.6 Å². The van der Waals surface area contributed by atoms with E-state index in [9.17, 15) is 4.79 Å². The average molecular weight is 313 g/mol. The van der Waals surface area contributed by atoms with Crippen LogP contribution in [0.1, 0.15) is 38.3 Å². The second-order valence-corrected chi connectivity index (χ2v) is 5.66. The fourth-order valence-corrected chi connectivity index (χ4v) is 2.77. The first-order chi connectivity index (χ1) is 10.1. The Morgan fingerprint density at radius 3 is 3.10 bits per heavy atom. The van der Waals surface area contributed by atoms with Crippen LogP contribution in [0.2, 0.25) is 5.28 Å². The Labute approximate surface area is 129 Å². The Morgan fingerprint density at radius 2 is 2.38 bits per heavy atom. The van der Waals surface area contributed by atoms with Gasteiger partial charge in [0.1, 0.15) is 5.82 Å². The summed E-state index contributed by atoms with van der Waals surface area (Å²) in [7, 11) is 0. The number of carboxylic acid groups (broad SMARTS) is 1. The predicted octanol–water partition coefficient (Wildman–Crippen LogP) is 2.71.